The van der Waals surface area contributed by atoms with Crippen molar-refractivity contribution in [1.82, 2.24) is 0 Å². The zero-order valence-corrected chi connectivity index (χ0v) is 15.5. The molecule has 0 saturated carbocycles. The predicted octanol–water partition coefficient (Wildman–Crippen LogP) is 3.23. The molecule has 0 saturated heterocycles. The summed E-state index contributed by atoms with van der Waals surface area (Å²) in [5, 5.41) is 12.3. The molecule has 0 aliphatic heterocycles. The van der Waals surface area contributed by atoms with Gasteiger partial charge in [-0.05, 0) is 18.6 Å². The van der Waals surface area contributed by atoms with E-state index in [-0.39, 0.29) is 21.7 Å². The number of carboxylic acid groups (broad SMARTS) is 1. The largest absolute Gasteiger partial charge is 0.478 e. The van der Waals surface area contributed by atoms with E-state index < -0.39 is 21.6 Å². The van der Waals surface area contributed by atoms with Crippen LogP contribution >= 0.6 is 0 Å². The number of rotatable bonds is 8. The second kappa shape index (κ2) is 8.14. The molecule has 0 amide bonds. The first-order chi connectivity index (χ1) is 12.3. The highest BCUT2D eigenvalue weighted by molar-refractivity contribution is 7.90. The normalized spacial score (nSPS) is 11.2. The number of carbonyl (C=O) groups is 2. The maximum Gasteiger partial charge on any atom is 0.335 e. The zero-order valence-electron chi connectivity index (χ0n) is 14.7. The molecule has 0 bridgehead atoms. The highest BCUT2D eigenvalue weighted by Crippen LogP contribution is 2.29. The van der Waals surface area contributed by atoms with Gasteiger partial charge in [0, 0.05) is 24.1 Å². The molecule has 2 aromatic carbocycles. The van der Waals surface area contributed by atoms with Crippen LogP contribution in [0.25, 0.3) is 0 Å². The van der Waals surface area contributed by atoms with Crippen LogP contribution in [0.1, 0.15) is 46.0 Å². The Labute approximate surface area is 152 Å². The van der Waals surface area contributed by atoms with Crippen LogP contribution in [-0.4, -0.2) is 38.1 Å². The summed E-state index contributed by atoms with van der Waals surface area (Å²) in [5.74, 6) is -1.73. The molecule has 0 radical (unpaired) electrons. The van der Waals surface area contributed by atoms with Crippen LogP contribution in [0.15, 0.2) is 47.4 Å². The van der Waals surface area contributed by atoms with E-state index in [4.69, 9.17) is 0 Å². The molecule has 0 aliphatic rings. The molecule has 2 N–H and O–H groups in total. The third kappa shape index (κ3) is 4.49. The zero-order chi connectivity index (χ0) is 19.3. The van der Waals surface area contributed by atoms with Crippen LogP contribution < -0.4 is 5.32 Å². The smallest absolute Gasteiger partial charge is 0.335 e. The minimum Gasteiger partial charge on any atom is -0.478 e. The van der Waals surface area contributed by atoms with E-state index in [9.17, 15) is 23.1 Å². The molecule has 0 aliphatic carbocycles. The summed E-state index contributed by atoms with van der Waals surface area (Å²) in [7, 11) is -3.82. The number of anilines is 1. The molecule has 138 valence electrons. The van der Waals surface area contributed by atoms with Crippen LogP contribution in [0.2, 0.25) is 0 Å². The third-order valence-electron chi connectivity index (χ3n) is 3.86. The fourth-order valence-corrected chi connectivity index (χ4v) is 3.45. The van der Waals surface area contributed by atoms with Gasteiger partial charge < -0.3 is 10.4 Å². The molecule has 0 heterocycles. The molecule has 2 aromatic rings. The Hall–Kier alpha value is -2.67. The summed E-state index contributed by atoms with van der Waals surface area (Å²) in [4.78, 5) is 24.1. The first-order valence-corrected chi connectivity index (χ1v) is 10.1. The lowest BCUT2D eigenvalue weighted by molar-refractivity contribution is 0.0696. The number of unbranched alkanes of at least 4 members (excludes halogenated alkanes) is 1. The number of benzene rings is 2. The number of sulfone groups is 1. The Morgan fingerprint density at radius 3 is 2.27 bits per heavy atom. The number of carbonyl (C=O) groups excluding carboxylic acids is 1. The SMILES string of the molecule is CCCCNc1cc(C(=O)O)cc(S(C)(=O)=O)c1C(=O)c1ccccc1. The first kappa shape index (κ1) is 19.7. The third-order valence-corrected chi connectivity index (χ3v) is 4.98. The average molecular weight is 375 g/mol. The Balaban J connectivity index is 2.72. The van der Waals surface area contributed by atoms with Gasteiger partial charge in [0.15, 0.2) is 15.6 Å². The van der Waals surface area contributed by atoms with Crippen molar-refractivity contribution >= 4 is 27.3 Å². The van der Waals surface area contributed by atoms with Gasteiger partial charge in [0.2, 0.25) is 0 Å². The van der Waals surface area contributed by atoms with E-state index in [0.29, 0.717) is 12.1 Å². The highest BCUT2D eigenvalue weighted by Gasteiger charge is 2.26. The van der Waals surface area contributed by atoms with Crippen LogP contribution in [0.5, 0.6) is 0 Å². The molecule has 0 aromatic heterocycles. The van der Waals surface area contributed by atoms with Crippen molar-refractivity contribution in [2.45, 2.75) is 24.7 Å². The predicted molar refractivity (Wildman–Crippen MR) is 99.8 cm³/mol. The summed E-state index contributed by atoms with van der Waals surface area (Å²) < 4.78 is 24.5. The van der Waals surface area contributed by atoms with Gasteiger partial charge in [0.25, 0.3) is 0 Å². The Bertz CT molecular complexity index is 920. The van der Waals surface area contributed by atoms with Crippen molar-refractivity contribution < 1.29 is 23.1 Å². The quantitative estimate of drug-likeness (QED) is 0.543. The van der Waals surface area contributed by atoms with Gasteiger partial charge in [-0.25, -0.2) is 13.2 Å². The van der Waals surface area contributed by atoms with E-state index >= 15 is 0 Å². The van der Waals surface area contributed by atoms with Gasteiger partial charge in [-0.2, -0.15) is 0 Å². The fraction of sp³-hybridized carbons (Fsp3) is 0.263. The summed E-state index contributed by atoms with van der Waals surface area (Å²) in [6, 6.07) is 10.7. The second-order valence-electron chi connectivity index (χ2n) is 5.95. The van der Waals surface area contributed by atoms with Crippen molar-refractivity contribution in [2.24, 2.45) is 0 Å². The summed E-state index contributed by atoms with van der Waals surface area (Å²) in [5.41, 5.74) is 0.334. The highest BCUT2D eigenvalue weighted by atomic mass is 32.2. The lowest BCUT2D eigenvalue weighted by Gasteiger charge is -2.16. The van der Waals surface area contributed by atoms with Crippen molar-refractivity contribution in [1.29, 1.82) is 0 Å². The second-order valence-corrected chi connectivity index (χ2v) is 7.93. The molecular formula is C19H21NO5S. The van der Waals surface area contributed by atoms with E-state index in [1.807, 2.05) is 6.92 Å². The van der Waals surface area contributed by atoms with Crippen LogP contribution in [-0.2, 0) is 9.84 Å². The number of ketones is 1. The van der Waals surface area contributed by atoms with Gasteiger partial charge >= 0.3 is 5.97 Å². The van der Waals surface area contributed by atoms with Gasteiger partial charge in [-0.1, -0.05) is 43.7 Å². The van der Waals surface area contributed by atoms with Crippen LogP contribution in [0, 0.1) is 0 Å². The molecule has 0 spiro atoms. The van der Waals surface area contributed by atoms with Crippen molar-refractivity contribution in [3.8, 4) is 0 Å². The number of hydrogen-bond donors (Lipinski definition) is 2. The fourth-order valence-electron chi connectivity index (χ4n) is 2.54. The number of nitrogens with one attached hydrogen (secondary N) is 1. The van der Waals surface area contributed by atoms with Crippen molar-refractivity contribution in [3.05, 3.63) is 59.2 Å². The Morgan fingerprint density at radius 1 is 1.08 bits per heavy atom. The molecule has 2 rings (SSSR count). The lowest BCUT2D eigenvalue weighted by atomic mass is 9.99. The minimum absolute atomic E-state index is 0.0280. The molecule has 6 nitrogen and oxygen atoms in total. The molecule has 0 atom stereocenters. The molecule has 0 fully saturated rings. The molecule has 7 heteroatoms. The van der Waals surface area contributed by atoms with Gasteiger partial charge in [0.05, 0.1) is 16.0 Å². The van der Waals surface area contributed by atoms with E-state index in [2.05, 4.69) is 5.32 Å². The maximum absolute atomic E-state index is 13.0. The average Bonchev–Trinajstić information content (AvgIpc) is 2.60. The molecule has 26 heavy (non-hydrogen) atoms. The van der Waals surface area contributed by atoms with Crippen LogP contribution in [0.4, 0.5) is 5.69 Å². The number of aromatic carboxylic acids is 1. The lowest BCUT2D eigenvalue weighted by Crippen LogP contribution is -2.16. The number of hydrogen-bond acceptors (Lipinski definition) is 5. The van der Waals surface area contributed by atoms with Crippen molar-refractivity contribution in [3.63, 3.8) is 0 Å². The van der Waals surface area contributed by atoms with E-state index in [1.165, 1.54) is 6.07 Å². The maximum atomic E-state index is 13.0. The molecular weight excluding hydrogens is 354 g/mol. The van der Waals surface area contributed by atoms with E-state index in [1.54, 1.807) is 30.3 Å². The molecule has 0 unspecified atom stereocenters. The summed E-state index contributed by atoms with van der Waals surface area (Å²) >= 11 is 0. The standard InChI is InChI=1S/C19H21NO5S/c1-3-4-10-20-15-11-14(19(22)23)12-16(26(2,24)25)17(15)18(21)13-8-6-5-7-9-13/h5-9,11-12,20H,3-4,10H2,1-2H3,(H,22,23). The number of carboxylic acids is 1. The van der Waals surface area contributed by atoms with Crippen LogP contribution in [0.3, 0.4) is 0 Å². The monoisotopic (exact) mass is 375 g/mol. The van der Waals surface area contributed by atoms with E-state index in [0.717, 1.165) is 25.2 Å². The minimum atomic E-state index is -3.82. The van der Waals surface area contributed by atoms with Crippen molar-refractivity contribution in [2.75, 3.05) is 18.1 Å². The summed E-state index contributed by atoms with van der Waals surface area (Å²) in [6.07, 6.45) is 2.66. The first-order valence-electron chi connectivity index (χ1n) is 8.20. The summed E-state index contributed by atoms with van der Waals surface area (Å²) in [6.45, 7) is 2.49. The van der Waals surface area contributed by atoms with Gasteiger partial charge in [-0.15, -0.1) is 0 Å². The topological polar surface area (TPSA) is 101 Å². The van der Waals surface area contributed by atoms with Gasteiger partial charge in [0.1, 0.15) is 0 Å². The Morgan fingerprint density at radius 2 is 1.73 bits per heavy atom. The Kier molecular flexibility index (Phi) is 6.15. The van der Waals surface area contributed by atoms with Gasteiger partial charge in [-0.3, -0.25) is 4.79 Å².